The van der Waals surface area contributed by atoms with Gasteiger partial charge in [0.1, 0.15) is 0 Å². The van der Waals surface area contributed by atoms with Crippen LogP contribution < -0.4 is 11.1 Å². The molecule has 0 aliphatic carbocycles. The van der Waals surface area contributed by atoms with Crippen LogP contribution in [0, 0.1) is 6.92 Å². The summed E-state index contributed by atoms with van der Waals surface area (Å²) in [6.07, 6.45) is 3.22. The highest BCUT2D eigenvalue weighted by atomic mass is 14.9. The van der Waals surface area contributed by atoms with Gasteiger partial charge in [0.05, 0.1) is 5.70 Å². The number of hydrogen-bond donors (Lipinski definition) is 2. The lowest BCUT2D eigenvalue weighted by Gasteiger charge is -2.13. The van der Waals surface area contributed by atoms with E-state index in [1.165, 1.54) is 17.3 Å². The van der Waals surface area contributed by atoms with E-state index in [2.05, 4.69) is 43.2 Å². The van der Waals surface area contributed by atoms with Crippen molar-refractivity contribution in [3.05, 3.63) is 41.2 Å². The normalized spacial score (nSPS) is 12.4. The van der Waals surface area contributed by atoms with Gasteiger partial charge in [0.2, 0.25) is 0 Å². The molecular formula is C14H21N3. The van der Waals surface area contributed by atoms with Crippen molar-refractivity contribution < 1.29 is 0 Å². The molecule has 17 heavy (non-hydrogen) atoms. The van der Waals surface area contributed by atoms with Crippen LogP contribution >= 0.6 is 0 Å². The zero-order chi connectivity index (χ0) is 12.8. The average molecular weight is 231 g/mol. The predicted octanol–water partition coefficient (Wildman–Crippen LogP) is 3.03. The van der Waals surface area contributed by atoms with Crippen LogP contribution in [-0.2, 0) is 0 Å². The Bertz CT molecular complexity index is 431. The Balaban J connectivity index is 2.96. The second-order valence-corrected chi connectivity index (χ2v) is 4.36. The Kier molecular flexibility index (Phi) is 4.76. The summed E-state index contributed by atoms with van der Waals surface area (Å²) >= 11 is 0. The zero-order valence-corrected chi connectivity index (χ0v) is 11.0. The molecule has 0 saturated carbocycles. The van der Waals surface area contributed by atoms with Gasteiger partial charge < -0.3 is 11.1 Å². The van der Waals surface area contributed by atoms with E-state index in [4.69, 9.17) is 5.73 Å². The van der Waals surface area contributed by atoms with Gasteiger partial charge in [0.25, 0.3) is 0 Å². The molecule has 0 aliphatic rings. The average Bonchev–Trinajstić information content (AvgIpc) is 2.30. The number of aliphatic imine (C=N–C) groups is 1. The Morgan fingerprint density at radius 2 is 2.12 bits per heavy atom. The Morgan fingerprint density at radius 3 is 2.65 bits per heavy atom. The maximum atomic E-state index is 5.52. The number of rotatable bonds is 4. The highest BCUT2D eigenvalue weighted by Gasteiger charge is 2.04. The van der Waals surface area contributed by atoms with Crippen LogP contribution in [0.3, 0.4) is 0 Å². The van der Waals surface area contributed by atoms with E-state index in [9.17, 15) is 0 Å². The van der Waals surface area contributed by atoms with Gasteiger partial charge in [0, 0.05) is 25.1 Å². The molecule has 1 rings (SSSR count). The van der Waals surface area contributed by atoms with Crippen molar-refractivity contribution in [1.29, 1.82) is 0 Å². The maximum Gasteiger partial charge on any atom is 0.0722 e. The van der Waals surface area contributed by atoms with Crippen molar-refractivity contribution in [3.8, 4) is 0 Å². The monoisotopic (exact) mass is 231 g/mol. The van der Waals surface area contributed by atoms with Gasteiger partial charge in [-0.25, -0.2) is 0 Å². The molecule has 0 bridgehead atoms. The van der Waals surface area contributed by atoms with E-state index in [-0.39, 0.29) is 0 Å². The van der Waals surface area contributed by atoms with Crippen LogP contribution in [0.4, 0.5) is 5.69 Å². The second kappa shape index (κ2) is 6.09. The highest BCUT2D eigenvalue weighted by molar-refractivity contribution is 5.82. The van der Waals surface area contributed by atoms with Crippen LogP contribution in [0.25, 0.3) is 0 Å². The molecule has 1 aromatic carbocycles. The van der Waals surface area contributed by atoms with E-state index in [0.29, 0.717) is 5.92 Å². The molecule has 0 atom stereocenters. The van der Waals surface area contributed by atoms with Crippen LogP contribution in [0.15, 0.2) is 35.1 Å². The third kappa shape index (κ3) is 3.63. The third-order valence-corrected chi connectivity index (χ3v) is 2.64. The Labute approximate surface area is 103 Å². The molecule has 0 heterocycles. The minimum absolute atomic E-state index is 0.516. The number of nitrogens with two attached hydrogens (primary N) is 1. The largest absolute Gasteiger partial charge is 0.403 e. The first-order chi connectivity index (χ1) is 8.08. The van der Waals surface area contributed by atoms with Gasteiger partial charge in [-0.3, -0.25) is 4.99 Å². The fourth-order valence-corrected chi connectivity index (χ4v) is 1.76. The van der Waals surface area contributed by atoms with Crippen LogP contribution in [0.2, 0.25) is 0 Å². The Morgan fingerprint density at radius 1 is 1.41 bits per heavy atom. The molecule has 0 aliphatic heterocycles. The summed E-state index contributed by atoms with van der Waals surface area (Å²) in [5.41, 5.74) is 10.0. The van der Waals surface area contributed by atoms with E-state index >= 15 is 0 Å². The molecule has 0 fully saturated rings. The van der Waals surface area contributed by atoms with Crippen molar-refractivity contribution in [2.45, 2.75) is 26.7 Å². The molecule has 0 radical (unpaired) electrons. The lowest BCUT2D eigenvalue weighted by atomic mass is 9.97. The van der Waals surface area contributed by atoms with Crippen molar-refractivity contribution in [3.63, 3.8) is 0 Å². The number of aryl methyl sites for hydroxylation is 1. The van der Waals surface area contributed by atoms with Crippen molar-refractivity contribution >= 4 is 11.9 Å². The number of hydrogen-bond acceptors (Lipinski definition) is 3. The van der Waals surface area contributed by atoms with Gasteiger partial charge in [-0.05, 0) is 36.1 Å². The van der Waals surface area contributed by atoms with E-state index in [1.807, 2.05) is 6.07 Å². The summed E-state index contributed by atoms with van der Waals surface area (Å²) in [5.74, 6) is 0.516. The Hall–Kier alpha value is -1.77. The third-order valence-electron chi connectivity index (χ3n) is 2.64. The first-order valence-electron chi connectivity index (χ1n) is 5.80. The second-order valence-electron chi connectivity index (χ2n) is 4.36. The van der Waals surface area contributed by atoms with Gasteiger partial charge in [-0.2, -0.15) is 0 Å². The summed E-state index contributed by atoms with van der Waals surface area (Å²) in [6, 6.07) is 6.33. The molecule has 0 unspecified atom stereocenters. The molecule has 0 aromatic heterocycles. The topological polar surface area (TPSA) is 50.4 Å². The lowest BCUT2D eigenvalue weighted by molar-refractivity contribution is 0.857. The molecule has 0 spiro atoms. The summed E-state index contributed by atoms with van der Waals surface area (Å²) in [7, 11) is 1.72. The molecule has 3 heteroatoms. The fourth-order valence-electron chi connectivity index (χ4n) is 1.76. The first kappa shape index (κ1) is 13.3. The van der Waals surface area contributed by atoms with E-state index < -0.39 is 0 Å². The predicted molar refractivity (Wildman–Crippen MR) is 75.6 cm³/mol. The van der Waals surface area contributed by atoms with Gasteiger partial charge in [-0.15, -0.1) is 0 Å². The number of allylic oxidation sites excluding steroid dienone is 1. The quantitative estimate of drug-likeness (QED) is 0.782. The summed E-state index contributed by atoms with van der Waals surface area (Å²) in [4.78, 5) is 3.94. The van der Waals surface area contributed by atoms with Gasteiger partial charge >= 0.3 is 0 Å². The van der Waals surface area contributed by atoms with Crippen LogP contribution in [0.1, 0.15) is 30.9 Å². The molecule has 3 N–H and O–H groups in total. The molecular weight excluding hydrogens is 210 g/mol. The first-order valence-corrected chi connectivity index (χ1v) is 5.80. The van der Waals surface area contributed by atoms with Gasteiger partial charge in [-0.1, -0.05) is 19.9 Å². The molecule has 0 saturated heterocycles. The number of anilines is 1. The van der Waals surface area contributed by atoms with Crippen molar-refractivity contribution in [1.82, 2.24) is 0 Å². The highest BCUT2D eigenvalue weighted by Crippen LogP contribution is 2.23. The van der Waals surface area contributed by atoms with Gasteiger partial charge in [0.15, 0.2) is 0 Å². The van der Waals surface area contributed by atoms with Crippen molar-refractivity contribution in [2.75, 3.05) is 12.4 Å². The minimum Gasteiger partial charge on any atom is -0.403 e. The summed E-state index contributed by atoms with van der Waals surface area (Å²) < 4.78 is 0. The molecule has 0 amide bonds. The molecule has 3 nitrogen and oxygen atoms in total. The SMILES string of the molecule is CN=C/C(=C\N)Nc1ccc(C)c(C(C)C)c1. The summed E-state index contributed by atoms with van der Waals surface area (Å²) in [5, 5.41) is 3.24. The lowest BCUT2D eigenvalue weighted by Crippen LogP contribution is -2.04. The minimum atomic E-state index is 0.516. The fraction of sp³-hybridized carbons (Fsp3) is 0.357. The maximum absolute atomic E-state index is 5.52. The van der Waals surface area contributed by atoms with E-state index in [0.717, 1.165) is 11.4 Å². The standard InChI is InChI=1S/C14H21N3/c1-10(2)14-7-12(6-5-11(14)3)17-13(8-15)9-16-4/h5-10,17H,15H2,1-4H3/b13-8+,16-9?. The number of nitrogens with zero attached hydrogens (tertiary/aromatic N) is 1. The smallest absolute Gasteiger partial charge is 0.0722 e. The van der Waals surface area contributed by atoms with Crippen LogP contribution in [-0.4, -0.2) is 13.3 Å². The zero-order valence-electron chi connectivity index (χ0n) is 11.0. The van der Waals surface area contributed by atoms with E-state index in [1.54, 1.807) is 13.3 Å². The van der Waals surface area contributed by atoms with Crippen molar-refractivity contribution in [2.24, 2.45) is 10.7 Å². The number of nitrogens with one attached hydrogen (secondary N) is 1. The van der Waals surface area contributed by atoms with Crippen LogP contribution in [0.5, 0.6) is 0 Å². The molecule has 92 valence electrons. The molecule has 1 aromatic rings. The summed E-state index contributed by atoms with van der Waals surface area (Å²) in [6.45, 7) is 6.52. The number of benzene rings is 1.